The highest BCUT2D eigenvalue weighted by Crippen LogP contribution is 2.37. The molecule has 0 aromatic carbocycles. The van der Waals surface area contributed by atoms with E-state index in [9.17, 15) is 9.90 Å². The molecule has 1 aliphatic carbocycles. The molecule has 2 fully saturated rings. The highest BCUT2D eigenvalue weighted by Gasteiger charge is 2.40. The Kier molecular flexibility index (Phi) is 6.27. The molecular formula is C18H32O4. The number of ether oxygens (including phenoxy) is 2. The minimum absolute atomic E-state index is 0.0589. The van der Waals surface area contributed by atoms with Crippen molar-refractivity contribution in [2.24, 2.45) is 5.92 Å². The van der Waals surface area contributed by atoms with Gasteiger partial charge in [-0.15, -0.1) is 0 Å². The molecule has 4 nitrogen and oxygen atoms in total. The lowest BCUT2D eigenvalue weighted by Gasteiger charge is -2.29. The Morgan fingerprint density at radius 2 is 1.95 bits per heavy atom. The minimum Gasteiger partial charge on any atom is -0.459 e. The van der Waals surface area contributed by atoms with Gasteiger partial charge < -0.3 is 14.6 Å². The SMILES string of the molecule is CCC1CC(C(O)CC(=O)OC2(CC)CCCC2)C(CC)O1. The van der Waals surface area contributed by atoms with Crippen molar-refractivity contribution >= 4 is 5.97 Å². The molecule has 0 radical (unpaired) electrons. The van der Waals surface area contributed by atoms with E-state index in [4.69, 9.17) is 9.47 Å². The number of rotatable bonds is 7. The second kappa shape index (κ2) is 7.78. The van der Waals surface area contributed by atoms with Crippen LogP contribution in [0.2, 0.25) is 0 Å². The average molecular weight is 312 g/mol. The molecule has 1 aliphatic heterocycles. The molecule has 0 amide bonds. The predicted octanol–water partition coefficient (Wildman–Crippen LogP) is 3.60. The van der Waals surface area contributed by atoms with E-state index in [1.165, 1.54) is 0 Å². The molecule has 4 unspecified atom stereocenters. The van der Waals surface area contributed by atoms with Gasteiger partial charge in [0.2, 0.25) is 0 Å². The van der Waals surface area contributed by atoms with E-state index in [-0.39, 0.29) is 36.1 Å². The largest absolute Gasteiger partial charge is 0.459 e. The van der Waals surface area contributed by atoms with Gasteiger partial charge in [-0.25, -0.2) is 0 Å². The average Bonchev–Trinajstić information content (AvgIpc) is 3.13. The molecule has 1 saturated heterocycles. The van der Waals surface area contributed by atoms with Crippen LogP contribution in [-0.4, -0.2) is 35.0 Å². The molecule has 2 rings (SSSR count). The van der Waals surface area contributed by atoms with Gasteiger partial charge in [0.05, 0.1) is 24.7 Å². The summed E-state index contributed by atoms with van der Waals surface area (Å²) < 4.78 is 11.7. The Morgan fingerprint density at radius 1 is 1.27 bits per heavy atom. The molecule has 0 aromatic rings. The summed E-state index contributed by atoms with van der Waals surface area (Å²) in [5.74, 6) is -0.185. The number of hydrogen-bond acceptors (Lipinski definition) is 4. The summed E-state index contributed by atoms with van der Waals surface area (Å²) in [4.78, 5) is 12.3. The quantitative estimate of drug-likeness (QED) is 0.730. The second-order valence-corrected chi connectivity index (χ2v) is 7.00. The van der Waals surface area contributed by atoms with Crippen molar-refractivity contribution in [2.45, 2.75) is 102 Å². The molecule has 1 heterocycles. The number of carbonyl (C=O) groups excluding carboxylic acids is 1. The summed E-state index contributed by atoms with van der Waals surface area (Å²) >= 11 is 0. The van der Waals surface area contributed by atoms with Crippen LogP contribution in [0.5, 0.6) is 0 Å². The number of carbonyl (C=O) groups is 1. The summed E-state index contributed by atoms with van der Waals surface area (Å²) in [6.45, 7) is 6.26. The van der Waals surface area contributed by atoms with Crippen molar-refractivity contribution in [2.75, 3.05) is 0 Å². The van der Waals surface area contributed by atoms with E-state index in [0.717, 1.165) is 51.4 Å². The molecule has 0 bridgehead atoms. The lowest BCUT2D eigenvalue weighted by Crippen LogP contribution is -2.35. The van der Waals surface area contributed by atoms with Crippen LogP contribution in [0.25, 0.3) is 0 Å². The third kappa shape index (κ3) is 4.02. The van der Waals surface area contributed by atoms with Crippen LogP contribution in [0.3, 0.4) is 0 Å². The number of aliphatic hydroxyl groups excluding tert-OH is 1. The topological polar surface area (TPSA) is 55.8 Å². The lowest BCUT2D eigenvalue weighted by atomic mass is 9.89. The van der Waals surface area contributed by atoms with E-state index >= 15 is 0 Å². The predicted molar refractivity (Wildman–Crippen MR) is 85.6 cm³/mol. The maximum absolute atomic E-state index is 12.3. The summed E-state index contributed by atoms with van der Waals surface area (Å²) in [5, 5.41) is 10.5. The number of esters is 1. The monoisotopic (exact) mass is 312 g/mol. The zero-order valence-electron chi connectivity index (χ0n) is 14.3. The Hall–Kier alpha value is -0.610. The lowest BCUT2D eigenvalue weighted by molar-refractivity contribution is -0.163. The minimum atomic E-state index is -0.649. The first-order chi connectivity index (χ1) is 10.5. The first kappa shape index (κ1) is 17.7. The van der Waals surface area contributed by atoms with Crippen LogP contribution < -0.4 is 0 Å². The second-order valence-electron chi connectivity index (χ2n) is 7.00. The van der Waals surface area contributed by atoms with Gasteiger partial charge in [0.15, 0.2) is 0 Å². The van der Waals surface area contributed by atoms with Gasteiger partial charge in [-0.1, -0.05) is 20.8 Å². The number of aliphatic hydroxyl groups is 1. The van der Waals surface area contributed by atoms with Gasteiger partial charge in [-0.2, -0.15) is 0 Å². The van der Waals surface area contributed by atoms with E-state index in [1.54, 1.807) is 0 Å². The molecule has 4 heteroatoms. The van der Waals surface area contributed by atoms with Crippen molar-refractivity contribution in [1.29, 1.82) is 0 Å². The third-order valence-electron chi connectivity index (χ3n) is 5.60. The summed E-state index contributed by atoms with van der Waals surface area (Å²) in [6.07, 6.45) is 7.51. The Morgan fingerprint density at radius 3 is 2.50 bits per heavy atom. The first-order valence-electron chi connectivity index (χ1n) is 9.09. The van der Waals surface area contributed by atoms with E-state index in [0.29, 0.717) is 0 Å². The summed E-state index contributed by atoms with van der Waals surface area (Å²) in [5.41, 5.74) is -0.265. The van der Waals surface area contributed by atoms with Crippen LogP contribution in [0, 0.1) is 5.92 Å². The molecule has 128 valence electrons. The fraction of sp³-hybridized carbons (Fsp3) is 0.944. The summed E-state index contributed by atoms with van der Waals surface area (Å²) in [6, 6.07) is 0. The Bertz CT molecular complexity index is 362. The highest BCUT2D eigenvalue weighted by molar-refractivity contribution is 5.70. The zero-order chi connectivity index (χ0) is 16.2. The Labute approximate surface area is 134 Å². The molecule has 0 spiro atoms. The van der Waals surface area contributed by atoms with Crippen molar-refractivity contribution in [3.05, 3.63) is 0 Å². The summed E-state index contributed by atoms with van der Waals surface area (Å²) in [7, 11) is 0. The number of hydrogen-bond donors (Lipinski definition) is 1. The van der Waals surface area contributed by atoms with Gasteiger partial charge in [0.25, 0.3) is 0 Å². The fourth-order valence-corrected chi connectivity index (χ4v) is 4.08. The maximum atomic E-state index is 12.3. The van der Waals surface area contributed by atoms with Crippen LogP contribution in [-0.2, 0) is 14.3 Å². The molecule has 1 N–H and O–H groups in total. The van der Waals surface area contributed by atoms with E-state index in [2.05, 4.69) is 20.8 Å². The normalized spacial score (nSPS) is 32.1. The maximum Gasteiger partial charge on any atom is 0.308 e. The molecule has 2 aliphatic rings. The highest BCUT2D eigenvalue weighted by atomic mass is 16.6. The molecule has 1 saturated carbocycles. The van der Waals surface area contributed by atoms with Crippen molar-refractivity contribution in [3.63, 3.8) is 0 Å². The Balaban J connectivity index is 1.88. The van der Waals surface area contributed by atoms with Gasteiger partial charge in [-0.05, 0) is 51.4 Å². The van der Waals surface area contributed by atoms with Crippen molar-refractivity contribution in [1.82, 2.24) is 0 Å². The van der Waals surface area contributed by atoms with Crippen LogP contribution in [0.1, 0.15) is 78.6 Å². The molecule has 22 heavy (non-hydrogen) atoms. The van der Waals surface area contributed by atoms with Gasteiger partial charge >= 0.3 is 5.97 Å². The molecule has 4 atom stereocenters. The van der Waals surface area contributed by atoms with E-state index in [1.807, 2.05) is 0 Å². The van der Waals surface area contributed by atoms with Crippen molar-refractivity contribution in [3.8, 4) is 0 Å². The van der Waals surface area contributed by atoms with Crippen molar-refractivity contribution < 1.29 is 19.4 Å². The smallest absolute Gasteiger partial charge is 0.308 e. The standard InChI is InChI=1S/C18H32O4/c1-4-13-11-14(16(5-2)21-13)15(19)12-17(20)22-18(6-3)9-7-8-10-18/h13-16,19H,4-12H2,1-3H3. The molecular weight excluding hydrogens is 280 g/mol. The molecule has 0 aromatic heterocycles. The first-order valence-corrected chi connectivity index (χ1v) is 9.09. The van der Waals surface area contributed by atoms with Crippen LogP contribution >= 0.6 is 0 Å². The van der Waals surface area contributed by atoms with Crippen LogP contribution in [0.15, 0.2) is 0 Å². The van der Waals surface area contributed by atoms with Crippen LogP contribution in [0.4, 0.5) is 0 Å². The third-order valence-corrected chi connectivity index (χ3v) is 5.60. The van der Waals surface area contributed by atoms with Gasteiger partial charge in [0.1, 0.15) is 5.60 Å². The zero-order valence-corrected chi connectivity index (χ0v) is 14.3. The fourth-order valence-electron chi connectivity index (χ4n) is 4.08. The van der Waals surface area contributed by atoms with E-state index < -0.39 is 6.10 Å². The van der Waals surface area contributed by atoms with Gasteiger partial charge in [-0.3, -0.25) is 4.79 Å². The van der Waals surface area contributed by atoms with Gasteiger partial charge in [0, 0.05) is 5.92 Å².